The largest absolute Gasteiger partial charge is 0.481 e. The first kappa shape index (κ1) is 14.9. The van der Waals surface area contributed by atoms with E-state index in [0.29, 0.717) is 6.42 Å². The van der Waals surface area contributed by atoms with Crippen molar-refractivity contribution in [2.75, 3.05) is 6.54 Å². The topological polar surface area (TPSA) is 73.1 Å². The van der Waals surface area contributed by atoms with Crippen molar-refractivity contribution < 1.29 is 9.90 Å². The van der Waals surface area contributed by atoms with Gasteiger partial charge >= 0.3 is 5.97 Å². The standard InChI is InChI=1S/C12H22N2O2/c1-4-10(9-13)14-8-7-12(2,3)6-5-11(15)16/h10,14H,4-8H2,1-3H3,(H,15,16). The smallest absolute Gasteiger partial charge is 0.303 e. The quantitative estimate of drug-likeness (QED) is 0.665. The molecule has 4 nitrogen and oxygen atoms in total. The van der Waals surface area contributed by atoms with E-state index < -0.39 is 5.97 Å². The zero-order valence-corrected chi connectivity index (χ0v) is 10.4. The van der Waals surface area contributed by atoms with Crippen LogP contribution in [0.1, 0.15) is 46.5 Å². The van der Waals surface area contributed by atoms with Gasteiger partial charge in [0, 0.05) is 6.42 Å². The highest BCUT2D eigenvalue weighted by Crippen LogP contribution is 2.26. The van der Waals surface area contributed by atoms with Crippen LogP contribution in [0.3, 0.4) is 0 Å². The van der Waals surface area contributed by atoms with Crippen LogP contribution < -0.4 is 5.32 Å². The van der Waals surface area contributed by atoms with Gasteiger partial charge in [-0.2, -0.15) is 5.26 Å². The van der Waals surface area contributed by atoms with E-state index in [2.05, 4.69) is 25.2 Å². The number of nitrogens with one attached hydrogen (secondary N) is 1. The summed E-state index contributed by atoms with van der Waals surface area (Å²) in [6, 6.07) is 2.10. The van der Waals surface area contributed by atoms with E-state index in [4.69, 9.17) is 10.4 Å². The van der Waals surface area contributed by atoms with Crippen molar-refractivity contribution in [1.29, 1.82) is 5.26 Å². The van der Waals surface area contributed by atoms with Gasteiger partial charge in [0.25, 0.3) is 0 Å². The molecule has 1 unspecified atom stereocenters. The molecule has 0 aromatic rings. The molecule has 0 spiro atoms. The molecule has 0 aliphatic carbocycles. The van der Waals surface area contributed by atoms with Crippen molar-refractivity contribution >= 4 is 5.97 Å². The number of carboxylic acid groups (broad SMARTS) is 1. The van der Waals surface area contributed by atoms with Crippen molar-refractivity contribution in [3.63, 3.8) is 0 Å². The van der Waals surface area contributed by atoms with Crippen molar-refractivity contribution in [2.45, 2.75) is 52.5 Å². The fourth-order valence-electron chi connectivity index (χ4n) is 1.44. The summed E-state index contributed by atoms with van der Waals surface area (Å²) in [5, 5.41) is 20.5. The zero-order chi connectivity index (χ0) is 12.6. The van der Waals surface area contributed by atoms with Crippen molar-refractivity contribution in [1.82, 2.24) is 5.32 Å². The van der Waals surface area contributed by atoms with Gasteiger partial charge in [0.1, 0.15) is 0 Å². The van der Waals surface area contributed by atoms with E-state index in [-0.39, 0.29) is 17.9 Å². The molecule has 0 aliphatic heterocycles. The molecule has 1 atom stereocenters. The minimum absolute atomic E-state index is 0.0130. The third-order valence-corrected chi connectivity index (χ3v) is 2.77. The van der Waals surface area contributed by atoms with Gasteiger partial charge in [-0.3, -0.25) is 4.79 Å². The minimum Gasteiger partial charge on any atom is -0.481 e. The summed E-state index contributed by atoms with van der Waals surface area (Å²) >= 11 is 0. The Labute approximate surface area is 97.7 Å². The Hall–Kier alpha value is -1.08. The molecule has 92 valence electrons. The van der Waals surface area contributed by atoms with Crippen molar-refractivity contribution in [3.05, 3.63) is 0 Å². The predicted octanol–water partition coefficient (Wildman–Crippen LogP) is 2.16. The summed E-state index contributed by atoms with van der Waals surface area (Å²) in [6.45, 7) is 6.85. The highest BCUT2D eigenvalue weighted by atomic mass is 16.4. The molecule has 0 heterocycles. The van der Waals surface area contributed by atoms with Gasteiger partial charge in [-0.05, 0) is 31.2 Å². The molecule has 16 heavy (non-hydrogen) atoms. The maximum absolute atomic E-state index is 10.5. The molecular formula is C12H22N2O2. The summed E-state index contributed by atoms with van der Waals surface area (Å²) in [7, 11) is 0. The van der Waals surface area contributed by atoms with Crippen LogP contribution in [-0.4, -0.2) is 23.7 Å². The second-order valence-corrected chi connectivity index (χ2v) is 4.85. The van der Waals surface area contributed by atoms with Crippen LogP contribution in [0.2, 0.25) is 0 Å². The normalized spacial score (nSPS) is 13.1. The maximum atomic E-state index is 10.5. The van der Waals surface area contributed by atoms with Gasteiger partial charge in [-0.15, -0.1) is 0 Å². The average Bonchev–Trinajstić information content (AvgIpc) is 2.22. The fourth-order valence-corrected chi connectivity index (χ4v) is 1.44. The van der Waals surface area contributed by atoms with Gasteiger partial charge in [-0.25, -0.2) is 0 Å². The molecule has 0 fully saturated rings. The summed E-state index contributed by atoms with van der Waals surface area (Å²) in [4.78, 5) is 10.5. The lowest BCUT2D eigenvalue weighted by Crippen LogP contribution is -2.30. The second-order valence-electron chi connectivity index (χ2n) is 4.85. The molecule has 0 aromatic carbocycles. The number of aliphatic carboxylic acids is 1. The van der Waals surface area contributed by atoms with Crippen LogP contribution in [0.25, 0.3) is 0 Å². The van der Waals surface area contributed by atoms with E-state index in [1.807, 2.05) is 6.92 Å². The Morgan fingerprint density at radius 2 is 2.12 bits per heavy atom. The number of hydrogen-bond donors (Lipinski definition) is 2. The highest BCUT2D eigenvalue weighted by molar-refractivity contribution is 5.66. The van der Waals surface area contributed by atoms with Crippen LogP contribution in [0, 0.1) is 16.7 Å². The lowest BCUT2D eigenvalue weighted by Gasteiger charge is -2.24. The van der Waals surface area contributed by atoms with Crippen molar-refractivity contribution in [3.8, 4) is 6.07 Å². The molecule has 0 rings (SSSR count). The predicted molar refractivity (Wildman–Crippen MR) is 63.0 cm³/mol. The highest BCUT2D eigenvalue weighted by Gasteiger charge is 2.19. The van der Waals surface area contributed by atoms with Crippen LogP contribution in [0.4, 0.5) is 0 Å². The van der Waals surface area contributed by atoms with Gasteiger partial charge in [0.2, 0.25) is 0 Å². The number of carbonyl (C=O) groups is 1. The fraction of sp³-hybridized carbons (Fsp3) is 0.833. The molecule has 2 N–H and O–H groups in total. The third kappa shape index (κ3) is 7.24. The van der Waals surface area contributed by atoms with Crippen LogP contribution >= 0.6 is 0 Å². The summed E-state index contributed by atoms with van der Waals surface area (Å²) in [5.41, 5.74) is 0.0130. The lowest BCUT2D eigenvalue weighted by molar-refractivity contribution is -0.137. The Bertz CT molecular complexity index is 256. The minimum atomic E-state index is -0.746. The zero-order valence-electron chi connectivity index (χ0n) is 10.4. The van der Waals surface area contributed by atoms with Crippen LogP contribution in [0.15, 0.2) is 0 Å². The van der Waals surface area contributed by atoms with E-state index >= 15 is 0 Å². The number of nitriles is 1. The van der Waals surface area contributed by atoms with Crippen LogP contribution in [-0.2, 0) is 4.79 Å². The number of carboxylic acids is 1. The Kier molecular flexibility index (Phi) is 6.75. The molecule has 0 bridgehead atoms. The molecule has 0 saturated heterocycles. The number of rotatable bonds is 8. The third-order valence-electron chi connectivity index (χ3n) is 2.77. The molecule has 4 heteroatoms. The summed E-state index contributed by atoms with van der Waals surface area (Å²) in [6.07, 6.45) is 2.57. The van der Waals surface area contributed by atoms with Gasteiger partial charge in [0.15, 0.2) is 0 Å². The molecule has 0 amide bonds. The second kappa shape index (κ2) is 7.24. The maximum Gasteiger partial charge on any atom is 0.303 e. The summed E-state index contributed by atoms with van der Waals surface area (Å²) < 4.78 is 0. The number of hydrogen-bond acceptors (Lipinski definition) is 3. The summed E-state index contributed by atoms with van der Waals surface area (Å²) in [5.74, 6) is -0.746. The van der Waals surface area contributed by atoms with E-state index in [1.54, 1.807) is 0 Å². The molecular weight excluding hydrogens is 204 g/mol. The SMILES string of the molecule is CCC(C#N)NCCC(C)(C)CCC(=O)O. The number of nitrogens with zero attached hydrogens (tertiary/aromatic N) is 1. The average molecular weight is 226 g/mol. The first-order valence-electron chi connectivity index (χ1n) is 5.76. The van der Waals surface area contributed by atoms with E-state index in [9.17, 15) is 4.79 Å². The van der Waals surface area contributed by atoms with E-state index in [1.165, 1.54) is 0 Å². The molecule has 0 saturated carbocycles. The Morgan fingerprint density at radius 1 is 1.50 bits per heavy atom. The van der Waals surface area contributed by atoms with Crippen LogP contribution in [0.5, 0.6) is 0 Å². The monoisotopic (exact) mass is 226 g/mol. The molecule has 0 aliphatic rings. The first-order chi connectivity index (χ1) is 7.41. The Balaban J connectivity index is 3.81. The van der Waals surface area contributed by atoms with Crippen molar-refractivity contribution in [2.24, 2.45) is 5.41 Å². The van der Waals surface area contributed by atoms with Gasteiger partial charge < -0.3 is 10.4 Å². The lowest BCUT2D eigenvalue weighted by atomic mass is 9.84. The first-order valence-corrected chi connectivity index (χ1v) is 5.76. The van der Waals surface area contributed by atoms with E-state index in [0.717, 1.165) is 19.4 Å². The molecule has 0 radical (unpaired) electrons. The van der Waals surface area contributed by atoms with Gasteiger partial charge in [-0.1, -0.05) is 20.8 Å². The Morgan fingerprint density at radius 3 is 2.56 bits per heavy atom. The molecule has 0 aromatic heterocycles. The van der Waals surface area contributed by atoms with Gasteiger partial charge in [0.05, 0.1) is 12.1 Å².